The lowest BCUT2D eigenvalue weighted by Gasteiger charge is -2.18. The van der Waals surface area contributed by atoms with E-state index in [2.05, 4.69) is 17.3 Å². The summed E-state index contributed by atoms with van der Waals surface area (Å²) in [6.07, 6.45) is 3.50. The number of halogens is 1. The molecule has 1 aliphatic heterocycles. The first-order valence-electron chi connectivity index (χ1n) is 7.25. The highest BCUT2D eigenvalue weighted by Gasteiger charge is 2.36. The fraction of sp³-hybridized carbons (Fsp3) is 0.714. The highest BCUT2D eigenvalue weighted by Crippen LogP contribution is 2.24. The standard InChI is InChI=1S/C14H22ClN3O2/c1-3-5-16-12-9-20-8-10(12)14(19)13-11(15)7-17-18(13)6-4-2/h7,10,12,16H,3-6,8-9H2,1-2H3. The van der Waals surface area contributed by atoms with Crippen LogP contribution in [-0.2, 0) is 11.3 Å². The van der Waals surface area contributed by atoms with Crippen LogP contribution in [0.25, 0.3) is 0 Å². The molecule has 0 radical (unpaired) electrons. The molecule has 2 atom stereocenters. The van der Waals surface area contributed by atoms with Crippen LogP contribution < -0.4 is 5.32 Å². The first-order valence-corrected chi connectivity index (χ1v) is 7.63. The normalized spacial score (nSPS) is 22.4. The highest BCUT2D eigenvalue weighted by atomic mass is 35.5. The van der Waals surface area contributed by atoms with Crippen molar-refractivity contribution in [3.05, 3.63) is 16.9 Å². The molecule has 0 aromatic carbocycles. The molecule has 1 saturated heterocycles. The minimum atomic E-state index is -0.175. The van der Waals surface area contributed by atoms with Gasteiger partial charge >= 0.3 is 0 Å². The molecule has 6 heteroatoms. The first-order chi connectivity index (χ1) is 9.69. The lowest BCUT2D eigenvalue weighted by Crippen LogP contribution is -2.40. The van der Waals surface area contributed by atoms with Gasteiger partial charge in [0.1, 0.15) is 5.69 Å². The van der Waals surface area contributed by atoms with Gasteiger partial charge in [0.2, 0.25) is 0 Å². The summed E-state index contributed by atoms with van der Waals surface area (Å²) in [6, 6.07) is 0.0727. The van der Waals surface area contributed by atoms with Crippen molar-refractivity contribution in [1.29, 1.82) is 0 Å². The third-order valence-corrected chi connectivity index (χ3v) is 3.81. The monoisotopic (exact) mass is 299 g/mol. The summed E-state index contributed by atoms with van der Waals surface area (Å²) >= 11 is 6.14. The number of ketones is 1. The molecule has 1 aliphatic rings. The van der Waals surface area contributed by atoms with Gasteiger partial charge in [-0.25, -0.2) is 0 Å². The van der Waals surface area contributed by atoms with Crippen molar-refractivity contribution >= 4 is 17.4 Å². The van der Waals surface area contributed by atoms with E-state index in [9.17, 15) is 4.79 Å². The van der Waals surface area contributed by atoms with Gasteiger partial charge in [-0.1, -0.05) is 25.4 Å². The average molecular weight is 300 g/mol. The van der Waals surface area contributed by atoms with Gasteiger partial charge in [-0.15, -0.1) is 0 Å². The van der Waals surface area contributed by atoms with E-state index in [1.54, 1.807) is 10.9 Å². The number of rotatable bonds is 7. The van der Waals surface area contributed by atoms with Crippen molar-refractivity contribution in [3.8, 4) is 0 Å². The number of carbonyl (C=O) groups is 1. The molecular weight excluding hydrogens is 278 g/mol. The molecule has 20 heavy (non-hydrogen) atoms. The molecular formula is C14H22ClN3O2. The quantitative estimate of drug-likeness (QED) is 0.784. The van der Waals surface area contributed by atoms with Gasteiger partial charge in [0.25, 0.3) is 0 Å². The van der Waals surface area contributed by atoms with Crippen LogP contribution in [0.5, 0.6) is 0 Å². The molecule has 0 amide bonds. The number of ether oxygens (including phenoxy) is 1. The summed E-state index contributed by atoms with van der Waals surface area (Å²) < 4.78 is 7.18. The van der Waals surface area contributed by atoms with E-state index in [0.29, 0.717) is 30.5 Å². The van der Waals surface area contributed by atoms with Gasteiger partial charge < -0.3 is 10.1 Å². The molecule has 0 bridgehead atoms. The maximum absolute atomic E-state index is 12.7. The van der Waals surface area contributed by atoms with Gasteiger partial charge in [-0.3, -0.25) is 9.48 Å². The number of aryl methyl sites for hydroxylation is 1. The number of carbonyl (C=O) groups excluding carboxylic acids is 1. The highest BCUT2D eigenvalue weighted by molar-refractivity contribution is 6.33. The van der Waals surface area contributed by atoms with Crippen molar-refractivity contribution in [2.75, 3.05) is 19.8 Å². The van der Waals surface area contributed by atoms with Gasteiger partial charge in [-0.05, 0) is 19.4 Å². The fourth-order valence-electron chi connectivity index (χ4n) is 2.51. The molecule has 5 nitrogen and oxygen atoms in total. The number of aromatic nitrogens is 2. The van der Waals surface area contributed by atoms with Gasteiger partial charge in [0.05, 0.1) is 30.4 Å². The topological polar surface area (TPSA) is 56.1 Å². The number of nitrogens with one attached hydrogen (secondary N) is 1. The Balaban J connectivity index is 2.15. The number of hydrogen-bond donors (Lipinski definition) is 1. The van der Waals surface area contributed by atoms with E-state index in [0.717, 1.165) is 19.4 Å². The zero-order chi connectivity index (χ0) is 14.5. The summed E-state index contributed by atoms with van der Waals surface area (Å²) in [5.74, 6) is -0.140. The fourth-order valence-corrected chi connectivity index (χ4v) is 2.74. The number of nitrogens with zero attached hydrogens (tertiary/aromatic N) is 2. The van der Waals surface area contributed by atoms with Crippen molar-refractivity contribution < 1.29 is 9.53 Å². The van der Waals surface area contributed by atoms with Crippen LogP contribution in [0.4, 0.5) is 0 Å². The first kappa shape index (κ1) is 15.5. The molecule has 2 heterocycles. The predicted octanol–water partition coefficient (Wildman–Crippen LogP) is 2.14. The van der Waals surface area contributed by atoms with Crippen molar-refractivity contribution in [1.82, 2.24) is 15.1 Å². The van der Waals surface area contributed by atoms with E-state index in [1.807, 2.05) is 6.92 Å². The Kier molecular flexibility index (Phi) is 5.57. The Bertz CT molecular complexity index is 461. The van der Waals surface area contributed by atoms with E-state index in [1.165, 1.54) is 0 Å². The predicted molar refractivity (Wildman–Crippen MR) is 78.2 cm³/mol. The van der Waals surface area contributed by atoms with E-state index < -0.39 is 0 Å². The summed E-state index contributed by atoms with van der Waals surface area (Å²) in [6.45, 7) is 6.78. The molecule has 1 fully saturated rings. The van der Waals surface area contributed by atoms with Gasteiger partial charge in [0, 0.05) is 12.6 Å². The van der Waals surface area contributed by atoms with Crippen LogP contribution in [0, 0.1) is 5.92 Å². The molecule has 0 saturated carbocycles. The second kappa shape index (κ2) is 7.20. The molecule has 112 valence electrons. The Labute approximate surface area is 124 Å². The second-order valence-corrected chi connectivity index (χ2v) is 5.54. The summed E-state index contributed by atoms with van der Waals surface area (Å²) in [5, 5.41) is 8.00. The third-order valence-electron chi connectivity index (χ3n) is 3.54. The largest absolute Gasteiger partial charge is 0.379 e. The van der Waals surface area contributed by atoms with Crippen LogP contribution in [0.1, 0.15) is 37.2 Å². The zero-order valence-electron chi connectivity index (χ0n) is 12.1. The summed E-state index contributed by atoms with van der Waals surface area (Å²) in [5.41, 5.74) is 0.521. The minimum Gasteiger partial charge on any atom is -0.379 e. The second-order valence-electron chi connectivity index (χ2n) is 5.13. The lowest BCUT2D eigenvalue weighted by atomic mass is 9.96. The third kappa shape index (κ3) is 3.22. The van der Waals surface area contributed by atoms with E-state index >= 15 is 0 Å². The van der Waals surface area contributed by atoms with Crippen LogP contribution >= 0.6 is 11.6 Å². The number of Topliss-reactive ketones (excluding diaryl/α,β-unsaturated/α-hetero) is 1. The molecule has 2 rings (SSSR count). The molecule has 1 aromatic rings. The zero-order valence-corrected chi connectivity index (χ0v) is 12.8. The van der Waals surface area contributed by atoms with Crippen LogP contribution in [0.3, 0.4) is 0 Å². The minimum absolute atomic E-state index is 0.0343. The summed E-state index contributed by atoms with van der Waals surface area (Å²) in [7, 11) is 0. The Morgan fingerprint density at radius 2 is 2.30 bits per heavy atom. The molecule has 1 N–H and O–H groups in total. The van der Waals surface area contributed by atoms with Gasteiger partial charge in [-0.2, -0.15) is 5.10 Å². The lowest BCUT2D eigenvalue weighted by molar-refractivity contribution is 0.0880. The SMILES string of the molecule is CCCNC1COCC1C(=O)c1c(Cl)cnn1CCC. The number of hydrogen-bond acceptors (Lipinski definition) is 4. The smallest absolute Gasteiger partial charge is 0.189 e. The molecule has 2 unspecified atom stereocenters. The van der Waals surface area contributed by atoms with Gasteiger partial charge in [0.15, 0.2) is 5.78 Å². The Morgan fingerprint density at radius 1 is 1.50 bits per heavy atom. The van der Waals surface area contributed by atoms with Crippen LogP contribution in [0.2, 0.25) is 5.02 Å². The molecule has 0 aliphatic carbocycles. The van der Waals surface area contributed by atoms with Crippen molar-refractivity contribution in [2.45, 2.75) is 39.3 Å². The summed E-state index contributed by atoms with van der Waals surface area (Å²) in [4.78, 5) is 12.7. The molecule has 1 aromatic heterocycles. The van der Waals surface area contributed by atoms with Crippen molar-refractivity contribution in [2.24, 2.45) is 5.92 Å². The molecule has 0 spiro atoms. The maximum Gasteiger partial charge on any atom is 0.189 e. The Morgan fingerprint density at radius 3 is 3.00 bits per heavy atom. The average Bonchev–Trinajstić information content (AvgIpc) is 3.03. The van der Waals surface area contributed by atoms with Crippen LogP contribution in [0.15, 0.2) is 6.20 Å². The van der Waals surface area contributed by atoms with E-state index in [4.69, 9.17) is 16.3 Å². The van der Waals surface area contributed by atoms with Crippen molar-refractivity contribution in [3.63, 3.8) is 0 Å². The Hall–Kier alpha value is -0.910. The maximum atomic E-state index is 12.7. The van der Waals surface area contributed by atoms with E-state index in [-0.39, 0.29) is 17.7 Å². The van der Waals surface area contributed by atoms with Crippen LogP contribution in [-0.4, -0.2) is 41.4 Å².